The van der Waals surface area contributed by atoms with Crippen LogP contribution in [0.1, 0.15) is 52.0 Å². The van der Waals surface area contributed by atoms with Crippen molar-refractivity contribution in [3.05, 3.63) is 34.9 Å². The lowest BCUT2D eigenvalue weighted by Crippen LogP contribution is -2.46. The zero-order valence-electron chi connectivity index (χ0n) is 15.4. The van der Waals surface area contributed by atoms with Gasteiger partial charge in [0, 0.05) is 17.6 Å². The highest BCUT2D eigenvalue weighted by molar-refractivity contribution is 6.35. The molecule has 0 unspecified atom stereocenters. The lowest BCUT2D eigenvalue weighted by Gasteiger charge is -2.37. The van der Waals surface area contributed by atoms with Crippen LogP contribution in [0.4, 0.5) is 0 Å². The molecule has 2 rings (SSSR count). The normalized spacial score (nSPS) is 20.8. The molecule has 0 atom stereocenters. The lowest BCUT2D eigenvalue weighted by atomic mass is 9.71. The van der Waals surface area contributed by atoms with Gasteiger partial charge in [-0.1, -0.05) is 44.5 Å². The van der Waals surface area contributed by atoms with Crippen molar-refractivity contribution in [3.8, 4) is 0 Å². The topological polar surface area (TPSA) is 58.2 Å². The average molecular weight is 365 g/mol. The fraction of sp³-hybridized carbons (Fsp3) is 0.600. The molecule has 1 aromatic carbocycles. The van der Waals surface area contributed by atoms with Crippen molar-refractivity contribution in [3.63, 3.8) is 0 Å². The van der Waals surface area contributed by atoms with Crippen molar-refractivity contribution in [1.29, 1.82) is 0 Å². The molecule has 1 aromatic rings. The molecule has 25 heavy (non-hydrogen) atoms. The first-order chi connectivity index (χ1) is 11.8. The summed E-state index contributed by atoms with van der Waals surface area (Å²) in [7, 11) is 0. The van der Waals surface area contributed by atoms with Gasteiger partial charge in [-0.15, -0.1) is 0 Å². The third kappa shape index (κ3) is 6.35. The van der Waals surface area contributed by atoms with Crippen LogP contribution in [0.15, 0.2) is 24.3 Å². The quantitative estimate of drug-likeness (QED) is 0.800. The summed E-state index contributed by atoms with van der Waals surface area (Å²) in [4.78, 5) is 24.0. The first kappa shape index (κ1) is 19.8. The molecule has 1 saturated carbocycles. The molecule has 138 valence electrons. The standard InChI is InChI=1S/C20H29ClN2O2/c1-20(2,3)15-6-10-17(11-7-15)23-19(25)18(24)22-13-12-14-4-8-16(21)9-5-14/h4-5,8-9,15,17H,6-7,10-13H2,1-3H3,(H,22,24)(H,23,25). The number of hydrogen-bond acceptors (Lipinski definition) is 2. The highest BCUT2D eigenvalue weighted by Crippen LogP contribution is 2.37. The van der Waals surface area contributed by atoms with E-state index in [1.54, 1.807) is 0 Å². The molecule has 4 nitrogen and oxygen atoms in total. The molecule has 0 bridgehead atoms. The van der Waals surface area contributed by atoms with Crippen molar-refractivity contribution >= 4 is 23.4 Å². The first-order valence-electron chi connectivity index (χ1n) is 9.09. The maximum atomic E-state index is 12.0. The Bertz CT molecular complexity index is 585. The Balaban J connectivity index is 1.68. The monoisotopic (exact) mass is 364 g/mol. The number of amides is 2. The highest BCUT2D eigenvalue weighted by Gasteiger charge is 2.30. The maximum Gasteiger partial charge on any atom is 0.309 e. The van der Waals surface area contributed by atoms with Crippen LogP contribution in [0.2, 0.25) is 5.02 Å². The second-order valence-corrected chi connectivity index (χ2v) is 8.46. The van der Waals surface area contributed by atoms with E-state index in [4.69, 9.17) is 11.6 Å². The van der Waals surface area contributed by atoms with Crippen LogP contribution in [0.5, 0.6) is 0 Å². The van der Waals surface area contributed by atoms with E-state index < -0.39 is 11.8 Å². The number of hydrogen-bond donors (Lipinski definition) is 2. The lowest BCUT2D eigenvalue weighted by molar-refractivity contribution is -0.139. The Labute approximate surface area is 155 Å². The van der Waals surface area contributed by atoms with Gasteiger partial charge in [0.1, 0.15) is 0 Å². The van der Waals surface area contributed by atoms with E-state index in [2.05, 4.69) is 31.4 Å². The number of rotatable bonds is 4. The Morgan fingerprint density at radius 2 is 1.64 bits per heavy atom. The summed E-state index contributed by atoms with van der Waals surface area (Å²) < 4.78 is 0. The molecule has 0 aromatic heterocycles. The molecule has 0 radical (unpaired) electrons. The van der Waals surface area contributed by atoms with Crippen molar-refractivity contribution in [1.82, 2.24) is 10.6 Å². The predicted molar refractivity (Wildman–Crippen MR) is 102 cm³/mol. The zero-order valence-corrected chi connectivity index (χ0v) is 16.2. The summed E-state index contributed by atoms with van der Waals surface area (Å²) in [5.74, 6) is -0.379. The summed E-state index contributed by atoms with van der Waals surface area (Å²) in [5, 5.41) is 6.25. The molecular formula is C20H29ClN2O2. The van der Waals surface area contributed by atoms with Crippen molar-refractivity contribution in [2.45, 2.75) is 58.9 Å². The summed E-state index contributed by atoms with van der Waals surface area (Å²) in [6.07, 6.45) is 4.78. The first-order valence-corrected chi connectivity index (χ1v) is 9.46. The molecule has 2 amide bonds. The van der Waals surface area contributed by atoms with Gasteiger partial charge in [0.2, 0.25) is 0 Å². The number of halogens is 1. The summed E-state index contributed by atoms with van der Waals surface area (Å²) in [5.41, 5.74) is 1.39. The fourth-order valence-electron chi connectivity index (χ4n) is 3.41. The molecule has 2 N–H and O–H groups in total. The Morgan fingerprint density at radius 3 is 2.20 bits per heavy atom. The summed E-state index contributed by atoms with van der Waals surface area (Å²) in [6, 6.07) is 7.59. The van der Waals surface area contributed by atoms with Gasteiger partial charge < -0.3 is 10.6 Å². The molecule has 1 aliphatic rings. The number of carbonyl (C=O) groups is 2. The Kier molecular flexibility index (Phi) is 6.88. The van der Waals surface area contributed by atoms with Gasteiger partial charge >= 0.3 is 11.8 Å². The van der Waals surface area contributed by atoms with Gasteiger partial charge in [0.05, 0.1) is 0 Å². The molecule has 1 fully saturated rings. The van der Waals surface area contributed by atoms with Crippen LogP contribution in [-0.2, 0) is 16.0 Å². The van der Waals surface area contributed by atoms with Crippen LogP contribution >= 0.6 is 11.6 Å². The molecule has 1 aliphatic carbocycles. The van der Waals surface area contributed by atoms with Gasteiger partial charge in [0.15, 0.2) is 0 Å². The molecule has 5 heteroatoms. The molecule has 0 aliphatic heterocycles. The summed E-state index contributed by atoms with van der Waals surface area (Å²) >= 11 is 5.84. The minimum absolute atomic E-state index is 0.119. The van der Waals surface area contributed by atoms with E-state index >= 15 is 0 Å². The summed E-state index contributed by atoms with van der Waals surface area (Å²) in [6.45, 7) is 7.24. The van der Waals surface area contributed by atoms with Gasteiger partial charge in [-0.3, -0.25) is 9.59 Å². The average Bonchev–Trinajstić information content (AvgIpc) is 2.56. The number of nitrogens with one attached hydrogen (secondary N) is 2. The second kappa shape index (κ2) is 8.70. The van der Waals surface area contributed by atoms with Gasteiger partial charge in [-0.25, -0.2) is 0 Å². The largest absolute Gasteiger partial charge is 0.348 e. The third-order valence-electron chi connectivity index (χ3n) is 5.11. The second-order valence-electron chi connectivity index (χ2n) is 8.02. The van der Waals surface area contributed by atoms with Crippen LogP contribution in [0.3, 0.4) is 0 Å². The van der Waals surface area contributed by atoms with Gasteiger partial charge in [-0.05, 0) is 61.1 Å². The van der Waals surface area contributed by atoms with E-state index in [0.29, 0.717) is 29.3 Å². The van der Waals surface area contributed by atoms with E-state index in [-0.39, 0.29) is 6.04 Å². The van der Waals surface area contributed by atoms with E-state index in [0.717, 1.165) is 31.2 Å². The van der Waals surface area contributed by atoms with Crippen LogP contribution in [0, 0.1) is 11.3 Å². The molecule has 0 heterocycles. The van der Waals surface area contributed by atoms with Crippen molar-refractivity contribution in [2.75, 3.05) is 6.54 Å². The molecule has 0 spiro atoms. The van der Waals surface area contributed by atoms with Crippen molar-refractivity contribution in [2.24, 2.45) is 11.3 Å². The number of carbonyl (C=O) groups excluding carboxylic acids is 2. The fourth-order valence-corrected chi connectivity index (χ4v) is 3.53. The third-order valence-corrected chi connectivity index (χ3v) is 5.36. The Hall–Kier alpha value is -1.55. The molecular weight excluding hydrogens is 336 g/mol. The van der Waals surface area contributed by atoms with Crippen molar-refractivity contribution < 1.29 is 9.59 Å². The minimum atomic E-state index is -0.549. The SMILES string of the molecule is CC(C)(C)C1CCC(NC(=O)C(=O)NCCc2ccc(Cl)cc2)CC1. The van der Waals surface area contributed by atoms with Crippen LogP contribution in [-0.4, -0.2) is 24.4 Å². The highest BCUT2D eigenvalue weighted by atomic mass is 35.5. The van der Waals surface area contributed by atoms with E-state index in [1.807, 2.05) is 24.3 Å². The zero-order chi connectivity index (χ0) is 18.4. The van der Waals surface area contributed by atoms with Gasteiger partial charge in [0.25, 0.3) is 0 Å². The van der Waals surface area contributed by atoms with Crippen LogP contribution in [0.25, 0.3) is 0 Å². The maximum absolute atomic E-state index is 12.0. The smallest absolute Gasteiger partial charge is 0.309 e. The number of benzene rings is 1. The Morgan fingerprint density at radius 1 is 1.04 bits per heavy atom. The van der Waals surface area contributed by atoms with E-state index in [1.165, 1.54) is 0 Å². The molecule has 0 saturated heterocycles. The van der Waals surface area contributed by atoms with E-state index in [9.17, 15) is 9.59 Å². The van der Waals surface area contributed by atoms with Gasteiger partial charge in [-0.2, -0.15) is 0 Å². The predicted octanol–water partition coefficient (Wildman–Crippen LogP) is 3.72. The minimum Gasteiger partial charge on any atom is -0.348 e. The van der Waals surface area contributed by atoms with Crippen LogP contribution < -0.4 is 10.6 Å².